The predicted molar refractivity (Wildman–Crippen MR) is 97.3 cm³/mol. The van der Waals surface area contributed by atoms with E-state index < -0.39 is 0 Å². The number of carbonyl (C=O) groups excluding carboxylic acids is 2. The molecular formula is C20H28N2O3. The Morgan fingerprint density at radius 2 is 1.92 bits per heavy atom. The lowest BCUT2D eigenvalue weighted by molar-refractivity contribution is -0.146. The van der Waals surface area contributed by atoms with Crippen molar-refractivity contribution in [3.8, 4) is 0 Å². The third-order valence-corrected chi connectivity index (χ3v) is 5.52. The van der Waals surface area contributed by atoms with Gasteiger partial charge in [0.25, 0.3) is 0 Å². The maximum atomic E-state index is 12.4. The van der Waals surface area contributed by atoms with Gasteiger partial charge in [0.05, 0.1) is 5.60 Å². The molecule has 1 aromatic carbocycles. The van der Waals surface area contributed by atoms with Crippen molar-refractivity contribution in [1.82, 2.24) is 4.90 Å². The Balaban J connectivity index is 1.52. The summed E-state index contributed by atoms with van der Waals surface area (Å²) < 4.78 is 6.11. The maximum absolute atomic E-state index is 12.4. The van der Waals surface area contributed by atoms with Gasteiger partial charge in [0, 0.05) is 38.7 Å². The van der Waals surface area contributed by atoms with Crippen LogP contribution in [0.2, 0.25) is 0 Å². The first-order chi connectivity index (χ1) is 12.0. The summed E-state index contributed by atoms with van der Waals surface area (Å²) in [4.78, 5) is 25.8. The van der Waals surface area contributed by atoms with E-state index in [9.17, 15) is 9.59 Å². The van der Waals surface area contributed by atoms with Gasteiger partial charge in [-0.25, -0.2) is 0 Å². The molecule has 0 aromatic heterocycles. The van der Waals surface area contributed by atoms with Crippen molar-refractivity contribution in [3.63, 3.8) is 0 Å². The van der Waals surface area contributed by atoms with Crippen molar-refractivity contribution in [2.24, 2.45) is 5.92 Å². The fraction of sp³-hybridized carbons (Fsp3) is 0.600. The highest BCUT2D eigenvalue weighted by Crippen LogP contribution is 2.38. The molecule has 1 aromatic rings. The van der Waals surface area contributed by atoms with Crippen molar-refractivity contribution in [2.75, 3.05) is 25.0 Å². The maximum Gasteiger partial charge on any atom is 0.224 e. The van der Waals surface area contributed by atoms with Crippen LogP contribution in [-0.2, 0) is 14.3 Å². The second kappa shape index (κ2) is 7.56. The number of aryl methyl sites for hydroxylation is 1. The summed E-state index contributed by atoms with van der Waals surface area (Å²) in [5, 5.41) is 3.00. The highest BCUT2D eigenvalue weighted by molar-refractivity contribution is 5.90. The van der Waals surface area contributed by atoms with E-state index in [-0.39, 0.29) is 17.4 Å². The molecule has 1 N–H and O–H groups in total. The van der Waals surface area contributed by atoms with Gasteiger partial charge in [0.1, 0.15) is 0 Å². The number of rotatable bonds is 3. The number of piperidine rings is 1. The van der Waals surface area contributed by atoms with E-state index in [0.717, 1.165) is 44.5 Å². The SMILES string of the molecule is CC(=O)N1CCC2(CC1)CC(CC(=O)Nc1ccc(C)cc1)CCO2. The minimum Gasteiger partial charge on any atom is -0.375 e. The molecular weight excluding hydrogens is 316 g/mol. The van der Waals surface area contributed by atoms with Crippen LogP contribution in [0.1, 0.15) is 44.6 Å². The molecule has 2 aliphatic rings. The topological polar surface area (TPSA) is 58.6 Å². The molecule has 5 heteroatoms. The third kappa shape index (κ3) is 4.60. The van der Waals surface area contributed by atoms with Crippen LogP contribution >= 0.6 is 0 Å². The van der Waals surface area contributed by atoms with E-state index in [1.165, 1.54) is 5.56 Å². The lowest BCUT2D eigenvalue weighted by atomic mass is 9.78. The Labute approximate surface area is 149 Å². The Morgan fingerprint density at radius 3 is 2.56 bits per heavy atom. The van der Waals surface area contributed by atoms with Gasteiger partial charge in [-0.15, -0.1) is 0 Å². The van der Waals surface area contributed by atoms with E-state index in [0.29, 0.717) is 18.9 Å². The Hall–Kier alpha value is -1.88. The van der Waals surface area contributed by atoms with Crippen molar-refractivity contribution >= 4 is 17.5 Å². The minimum absolute atomic E-state index is 0.0760. The molecule has 2 saturated heterocycles. The first-order valence-corrected chi connectivity index (χ1v) is 9.22. The third-order valence-electron chi connectivity index (χ3n) is 5.52. The van der Waals surface area contributed by atoms with Crippen LogP contribution in [-0.4, -0.2) is 42.0 Å². The standard InChI is InChI=1S/C20H28N2O3/c1-15-3-5-18(6-4-15)21-19(24)13-17-7-12-25-20(14-17)8-10-22(11-9-20)16(2)23/h3-6,17H,7-14H2,1-2H3,(H,21,24). The number of amides is 2. The van der Waals surface area contributed by atoms with Gasteiger partial charge in [0.2, 0.25) is 11.8 Å². The first kappa shape index (κ1) is 17.9. The minimum atomic E-state index is -0.140. The van der Waals surface area contributed by atoms with E-state index in [1.807, 2.05) is 36.1 Å². The predicted octanol–water partition coefficient (Wildman–Crippen LogP) is 3.13. The number of likely N-dealkylation sites (tertiary alicyclic amines) is 1. The fourth-order valence-electron chi connectivity index (χ4n) is 3.99. The smallest absolute Gasteiger partial charge is 0.224 e. The van der Waals surface area contributed by atoms with Crippen molar-refractivity contribution in [1.29, 1.82) is 0 Å². The van der Waals surface area contributed by atoms with Crippen LogP contribution in [0, 0.1) is 12.8 Å². The van der Waals surface area contributed by atoms with Crippen LogP contribution in [0.5, 0.6) is 0 Å². The highest BCUT2D eigenvalue weighted by Gasteiger charge is 2.41. The van der Waals surface area contributed by atoms with Crippen LogP contribution in [0.25, 0.3) is 0 Å². The summed E-state index contributed by atoms with van der Waals surface area (Å²) in [7, 11) is 0. The second-order valence-electron chi connectivity index (χ2n) is 7.51. The number of anilines is 1. The zero-order chi connectivity index (χ0) is 17.9. The zero-order valence-corrected chi connectivity index (χ0v) is 15.2. The van der Waals surface area contributed by atoms with E-state index in [1.54, 1.807) is 6.92 Å². The summed E-state index contributed by atoms with van der Waals surface area (Å²) in [6, 6.07) is 7.89. The van der Waals surface area contributed by atoms with Gasteiger partial charge < -0.3 is 15.0 Å². The number of hydrogen-bond donors (Lipinski definition) is 1. The first-order valence-electron chi connectivity index (χ1n) is 9.22. The Morgan fingerprint density at radius 1 is 1.24 bits per heavy atom. The average molecular weight is 344 g/mol. The van der Waals surface area contributed by atoms with E-state index in [4.69, 9.17) is 4.74 Å². The van der Waals surface area contributed by atoms with Crippen LogP contribution < -0.4 is 5.32 Å². The van der Waals surface area contributed by atoms with Gasteiger partial charge in [-0.05, 0) is 50.7 Å². The molecule has 2 fully saturated rings. The lowest BCUT2D eigenvalue weighted by Crippen LogP contribution is -2.50. The summed E-state index contributed by atoms with van der Waals surface area (Å²) in [5.41, 5.74) is 1.90. The molecule has 1 spiro atoms. The van der Waals surface area contributed by atoms with Gasteiger partial charge in [-0.1, -0.05) is 17.7 Å². The normalized spacial score (nSPS) is 22.6. The van der Waals surface area contributed by atoms with Crippen LogP contribution in [0.15, 0.2) is 24.3 Å². The molecule has 0 aliphatic carbocycles. The molecule has 25 heavy (non-hydrogen) atoms. The van der Waals surface area contributed by atoms with Crippen LogP contribution in [0.4, 0.5) is 5.69 Å². The summed E-state index contributed by atoms with van der Waals surface area (Å²) in [6.45, 7) is 5.89. The van der Waals surface area contributed by atoms with Gasteiger partial charge in [-0.3, -0.25) is 9.59 Å². The number of carbonyl (C=O) groups is 2. The second-order valence-corrected chi connectivity index (χ2v) is 7.51. The molecule has 0 bridgehead atoms. The van der Waals surface area contributed by atoms with Gasteiger partial charge in [0.15, 0.2) is 0 Å². The van der Waals surface area contributed by atoms with Crippen molar-refractivity contribution < 1.29 is 14.3 Å². The molecule has 1 atom stereocenters. The quantitative estimate of drug-likeness (QED) is 0.916. The number of hydrogen-bond acceptors (Lipinski definition) is 3. The van der Waals surface area contributed by atoms with Crippen molar-refractivity contribution in [3.05, 3.63) is 29.8 Å². The summed E-state index contributed by atoms with van der Waals surface area (Å²) in [6.07, 6.45) is 4.14. The number of nitrogens with one attached hydrogen (secondary N) is 1. The summed E-state index contributed by atoms with van der Waals surface area (Å²) in [5.74, 6) is 0.565. The van der Waals surface area contributed by atoms with E-state index in [2.05, 4.69) is 5.32 Å². The number of nitrogens with zero attached hydrogens (tertiary/aromatic N) is 1. The molecule has 2 heterocycles. The Kier molecular flexibility index (Phi) is 5.42. The molecule has 2 aliphatic heterocycles. The molecule has 136 valence electrons. The van der Waals surface area contributed by atoms with Crippen molar-refractivity contribution in [2.45, 2.75) is 51.6 Å². The van der Waals surface area contributed by atoms with E-state index >= 15 is 0 Å². The zero-order valence-electron chi connectivity index (χ0n) is 15.2. The molecule has 0 saturated carbocycles. The monoisotopic (exact) mass is 344 g/mol. The molecule has 5 nitrogen and oxygen atoms in total. The average Bonchev–Trinajstić information content (AvgIpc) is 2.57. The molecule has 1 unspecified atom stereocenters. The van der Waals surface area contributed by atoms with Gasteiger partial charge in [-0.2, -0.15) is 0 Å². The van der Waals surface area contributed by atoms with Crippen LogP contribution in [0.3, 0.4) is 0 Å². The lowest BCUT2D eigenvalue weighted by Gasteiger charge is -2.46. The fourth-order valence-corrected chi connectivity index (χ4v) is 3.99. The van der Waals surface area contributed by atoms with Gasteiger partial charge >= 0.3 is 0 Å². The number of benzene rings is 1. The number of ether oxygens (including phenoxy) is 1. The highest BCUT2D eigenvalue weighted by atomic mass is 16.5. The summed E-state index contributed by atoms with van der Waals surface area (Å²) >= 11 is 0. The molecule has 2 amide bonds. The Bertz CT molecular complexity index is 618. The largest absolute Gasteiger partial charge is 0.375 e. The molecule has 0 radical (unpaired) electrons. The molecule has 3 rings (SSSR count).